The minimum absolute atomic E-state index is 0.0940. The van der Waals surface area contributed by atoms with E-state index in [1.54, 1.807) is 0 Å². The van der Waals surface area contributed by atoms with Gasteiger partial charge >= 0.3 is 17.9 Å². The van der Waals surface area contributed by atoms with Crippen LogP contribution in [0.2, 0.25) is 0 Å². The van der Waals surface area contributed by atoms with Crippen LogP contribution in [0.5, 0.6) is 0 Å². The van der Waals surface area contributed by atoms with E-state index in [0.29, 0.717) is 19.3 Å². The molecule has 0 aromatic heterocycles. The summed E-state index contributed by atoms with van der Waals surface area (Å²) < 4.78 is 16.8. The molecule has 0 aliphatic heterocycles. The van der Waals surface area contributed by atoms with E-state index >= 15 is 0 Å². The fourth-order valence-electron chi connectivity index (χ4n) is 8.98. The van der Waals surface area contributed by atoms with Crippen LogP contribution in [0.1, 0.15) is 303 Å². The first-order valence-corrected chi connectivity index (χ1v) is 32.4. The number of carbonyl (C=O) groups excluding carboxylic acids is 3. The lowest BCUT2D eigenvalue weighted by atomic mass is 10.0. The van der Waals surface area contributed by atoms with E-state index in [0.717, 1.165) is 103 Å². The van der Waals surface area contributed by atoms with Crippen molar-refractivity contribution in [1.29, 1.82) is 0 Å². The Kier molecular flexibility index (Phi) is 61.3. The standard InChI is InChI=1S/C71H120O6/c1-4-7-10-13-16-18-20-22-24-26-28-30-32-33-34-35-36-37-39-40-42-44-46-48-50-52-55-58-61-64-70(73)76-67-68(66-75-69(72)63-60-57-54-15-12-9-6-3)77-71(74)65-62-59-56-53-51-49-47-45-43-41-38-31-29-27-25-23-21-19-17-14-11-8-5-2/h7,10,16,18,22,24,28,30,33-34,36-37,40,42,46,48,52,55,68H,4-6,8-9,11-15,17,19-21,23,25-27,29,31-32,35,38-39,41,43-45,47,49-51,53-54,56-67H2,1-3H3/b10-7-,18-16-,24-22-,30-28-,34-33-,37-36-,42-40-,48-46-,55-52-. The topological polar surface area (TPSA) is 78.9 Å². The van der Waals surface area contributed by atoms with Gasteiger partial charge in [-0.2, -0.15) is 0 Å². The number of carbonyl (C=O) groups is 3. The highest BCUT2D eigenvalue weighted by atomic mass is 16.6. The summed E-state index contributed by atoms with van der Waals surface area (Å²) >= 11 is 0. The average molecular weight is 1070 g/mol. The number of rotatable bonds is 58. The van der Waals surface area contributed by atoms with Crippen LogP contribution in [-0.4, -0.2) is 37.2 Å². The van der Waals surface area contributed by atoms with Crippen molar-refractivity contribution in [2.75, 3.05) is 13.2 Å². The monoisotopic (exact) mass is 1070 g/mol. The molecule has 0 spiro atoms. The summed E-state index contributed by atoms with van der Waals surface area (Å²) in [7, 11) is 0. The van der Waals surface area contributed by atoms with Gasteiger partial charge in [0.2, 0.25) is 0 Å². The third-order valence-corrected chi connectivity index (χ3v) is 13.8. The highest BCUT2D eigenvalue weighted by Gasteiger charge is 2.19. The van der Waals surface area contributed by atoms with E-state index in [1.165, 1.54) is 154 Å². The summed E-state index contributed by atoms with van der Waals surface area (Å²) in [6.45, 7) is 6.46. The van der Waals surface area contributed by atoms with Crippen LogP contribution in [-0.2, 0) is 28.6 Å². The number of hydrogen-bond donors (Lipinski definition) is 0. The van der Waals surface area contributed by atoms with E-state index in [-0.39, 0.29) is 37.5 Å². The molecule has 0 aliphatic carbocycles. The first kappa shape index (κ1) is 73.1. The summed E-state index contributed by atoms with van der Waals surface area (Å²) in [5.74, 6) is -0.955. The largest absolute Gasteiger partial charge is 0.462 e. The summed E-state index contributed by atoms with van der Waals surface area (Å²) in [6, 6.07) is 0. The molecule has 0 saturated carbocycles. The molecule has 1 atom stereocenters. The van der Waals surface area contributed by atoms with Crippen molar-refractivity contribution in [1.82, 2.24) is 0 Å². The van der Waals surface area contributed by atoms with Gasteiger partial charge in [0.05, 0.1) is 0 Å². The van der Waals surface area contributed by atoms with Crippen molar-refractivity contribution in [2.45, 2.75) is 309 Å². The Labute approximate surface area is 476 Å². The lowest BCUT2D eigenvalue weighted by molar-refractivity contribution is -0.167. The van der Waals surface area contributed by atoms with Gasteiger partial charge in [0.15, 0.2) is 6.10 Å². The molecule has 0 aliphatic rings. The predicted molar refractivity (Wildman–Crippen MR) is 334 cm³/mol. The molecule has 0 aromatic carbocycles. The lowest BCUT2D eigenvalue weighted by Gasteiger charge is -2.18. The average Bonchev–Trinajstić information content (AvgIpc) is 3.43. The Morgan fingerprint density at radius 1 is 0.273 bits per heavy atom. The van der Waals surface area contributed by atoms with E-state index in [4.69, 9.17) is 14.2 Å². The maximum absolute atomic E-state index is 12.9. The van der Waals surface area contributed by atoms with E-state index in [1.807, 2.05) is 0 Å². The molecule has 6 nitrogen and oxygen atoms in total. The first-order valence-electron chi connectivity index (χ1n) is 32.4. The third-order valence-electron chi connectivity index (χ3n) is 13.8. The lowest BCUT2D eigenvalue weighted by Crippen LogP contribution is -2.30. The molecule has 0 heterocycles. The van der Waals surface area contributed by atoms with Gasteiger partial charge in [-0.15, -0.1) is 0 Å². The van der Waals surface area contributed by atoms with E-state index < -0.39 is 6.10 Å². The summed E-state index contributed by atoms with van der Waals surface area (Å²) in [5.41, 5.74) is 0. The number of hydrogen-bond acceptors (Lipinski definition) is 6. The molecule has 0 rings (SSSR count). The minimum Gasteiger partial charge on any atom is -0.462 e. The van der Waals surface area contributed by atoms with Crippen molar-refractivity contribution < 1.29 is 28.6 Å². The second-order valence-corrected chi connectivity index (χ2v) is 21.3. The van der Waals surface area contributed by atoms with Crippen molar-refractivity contribution in [3.63, 3.8) is 0 Å². The molecular weight excluding hydrogens is 949 g/mol. The Balaban J connectivity index is 4.24. The van der Waals surface area contributed by atoms with Gasteiger partial charge < -0.3 is 14.2 Å². The van der Waals surface area contributed by atoms with Gasteiger partial charge in [0, 0.05) is 19.3 Å². The van der Waals surface area contributed by atoms with Crippen LogP contribution in [0.25, 0.3) is 0 Å². The van der Waals surface area contributed by atoms with Gasteiger partial charge in [0.1, 0.15) is 13.2 Å². The Hall–Kier alpha value is -3.93. The second-order valence-electron chi connectivity index (χ2n) is 21.3. The molecule has 0 saturated heterocycles. The zero-order valence-electron chi connectivity index (χ0n) is 50.4. The predicted octanol–water partition coefficient (Wildman–Crippen LogP) is 22.2. The maximum Gasteiger partial charge on any atom is 0.306 e. The molecule has 0 bridgehead atoms. The molecule has 0 fully saturated rings. The van der Waals surface area contributed by atoms with Gasteiger partial charge in [-0.25, -0.2) is 0 Å². The normalized spacial score (nSPS) is 12.8. The smallest absolute Gasteiger partial charge is 0.306 e. The summed E-state index contributed by atoms with van der Waals surface area (Å²) in [4.78, 5) is 38.1. The molecule has 1 unspecified atom stereocenters. The van der Waals surface area contributed by atoms with Crippen LogP contribution in [0.3, 0.4) is 0 Å². The molecule has 0 N–H and O–H groups in total. The van der Waals surface area contributed by atoms with Gasteiger partial charge in [-0.3, -0.25) is 14.4 Å². The highest BCUT2D eigenvalue weighted by Crippen LogP contribution is 2.17. The Bertz CT molecular complexity index is 1560. The molecule has 0 amide bonds. The molecule has 0 aromatic rings. The van der Waals surface area contributed by atoms with Crippen LogP contribution >= 0.6 is 0 Å². The maximum atomic E-state index is 12.9. The Morgan fingerprint density at radius 3 is 0.792 bits per heavy atom. The van der Waals surface area contributed by atoms with Gasteiger partial charge in [-0.05, 0) is 83.5 Å². The minimum atomic E-state index is -0.799. The van der Waals surface area contributed by atoms with Crippen molar-refractivity contribution in [3.05, 3.63) is 109 Å². The quantitative estimate of drug-likeness (QED) is 0.0261. The zero-order chi connectivity index (χ0) is 55.7. The second kappa shape index (κ2) is 64.6. The number of allylic oxidation sites excluding steroid dienone is 18. The van der Waals surface area contributed by atoms with E-state index in [2.05, 4.69) is 130 Å². The van der Waals surface area contributed by atoms with Crippen LogP contribution in [0, 0.1) is 0 Å². The van der Waals surface area contributed by atoms with Gasteiger partial charge in [0.25, 0.3) is 0 Å². The first-order chi connectivity index (χ1) is 38.0. The van der Waals surface area contributed by atoms with Crippen molar-refractivity contribution >= 4 is 17.9 Å². The SMILES string of the molecule is CC/C=C\C/C=C\C/C=C\C/C=C\C/C=C\C/C=C\C/C=C\C/C=C\C/C=C\CCCC(=O)OCC(COC(=O)CCCCCCCCC)OC(=O)CCCCCCCCCCCCCCCCCCCCCCCCC. The van der Waals surface area contributed by atoms with Crippen molar-refractivity contribution in [3.8, 4) is 0 Å². The van der Waals surface area contributed by atoms with Crippen LogP contribution in [0.4, 0.5) is 0 Å². The fraction of sp³-hybridized carbons (Fsp3) is 0.704. The molecule has 77 heavy (non-hydrogen) atoms. The molecular formula is C71H120O6. The van der Waals surface area contributed by atoms with E-state index in [9.17, 15) is 14.4 Å². The van der Waals surface area contributed by atoms with Gasteiger partial charge in [-0.1, -0.05) is 310 Å². The molecule has 440 valence electrons. The van der Waals surface area contributed by atoms with Crippen LogP contribution < -0.4 is 0 Å². The zero-order valence-corrected chi connectivity index (χ0v) is 50.4. The summed E-state index contributed by atoms with van der Waals surface area (Å²) in [5, 5.41) is 0. The Morgan fingerprint density at radius 2 is 0.506 bits per heavy atom. The number of unbranched alkanes of at least 4 members (excludes halogenated alkanes) is 29. The summed E-state index contributed by atoms with van der Waals surface area (Å²) in [6.07, 6.45) is 88.5. The number of esters is 3. The van der Waals surface area contributed by atoms with Crippen LogP contribution in [0.15, 0.2) is 109 Å². The third kappa shape index (κ3) is 62.8. The fourth-order valence-corrected chi connectivity index (χ4v) is 8.98. The highest BCUT2D eigenvalue weighted by molar-refractivity contribution is 5.71. The number of ether oxygens (including phenoxy) is 3. The molecule has 0 radical (unpaired) electrons. The molecule has 6 heteroatoms. The van der Waals surface area contributed by atoms with Crippen molar-refractivity contribution in [2.24, 2.45) is 0 Å².